The lowest BCUT2D eigenvalue weighted by Crippen LogP contribution is -2.00. The lowest BCUT2D eigenvalue weighted by atomic mass is 10.1. The van der Waals surface area contributed by atoms with Crippen LogP contribution in [0, 0.1) is 5.82 Å². The summed E-state index contributed by atoms with van der Waals surface area (Å²) in [6, 6.07) is 13.9. The first-order valence-corrected chi connectivity index (χ1v) is 9.93. The number of benzene rings is 3. The molecule has 0 saturated carbocycles. The van der Waals surface area contributed by atoms with E-state index in [0.29, 0.717) is 32.1 Å². The van der Waals surface area contributed by atoms with Gasteiger partial charge in [-0.15, -0.1) is 0 Å². The van der Waals surface area contributed by atoms with E-state index in [-0.39, 0.29) is 12.4 Å². The van der Waals surface area contributed by atoms with Gasteiger partial charge < -0.3 is 9.47 Å². The van der Waals surface area contributed by atoms with Crippen LogP contribution in [0.25, 0.3) is 6.08 Å². The van der Waals surface area contributed by atoms with E-state index in [0.717, 1.165) is 11.1 Å². The minimum Gasteiger partial charge on any atom is -0.496 e. The Morgan fingerprint density at radius 2 is 1.67 bits per heavy atom. The number of ketones is 1. The van der Waals surface area contributed by atoms with Crippen LogP contribution in [0.15, 0.2) is 60.7 Å². The van der Waals surface area contributed by atoms with Crippen molar-refractivity contribution in [3.05, 3.63) is 98.2 Å². The quantitative estimate of drug-likeness (QED) is 0.272. The van der Waals surface area contributed by atoms with E-state index < -0.39 is 5.82 Å². The summed E-state index contributed by atoms with van der Waals surface area (Å²) >= 11 is 18.2. The highest BCUT2D eigenvalue weighted by Gasteiger charge is 2.12. The molecule has 0 saturated heterocycles. The van der Waals surface area contributed by atoms with Crippen molar-refractivity contribution in [3.8, 4) is 11.5 Å². The molecule has 0 spiro atoms. The first-order valence-electron chi connectivity index (χ1n) is 8.79. The van der Waals surface area contributed by atoms with Crippen molar-refractivity contribution in [2.75, 3.05) is 7.11 Å². The summed E-state index contributed by atoms with van der Waals surface area (Å²) in [5, 5.41) is 1.01. The van der Waals surface area contributed by atoms with Gasteiger partial charge in [0.2, 0.25) is 0 Å². The molecule has 3 rings (SSSR count). The molecule has 0 radical (unpaired) electrons. The highest BCUT2D eigenvalue weighted by molar-refractivity contribution is 6.40. The Labute approximate surface area is 188 Å². The fourth-order valence-electron chi connectivity index (χ4n) is 2.71. The molecule has 3 aromatic carbocycles. The molecule has 30 heavy (non-hydrogen) atoms. The van der Waals surface area contributed by atoms with E-state index in [2.05, 4.69) is 0 Å². The summed E-state index contributed by atoms with van der Waals surface area (Å²) < 4.78 is 24.2. The average Bonchev–Trinajstić information content (AvgIpc) is 2.71. The normalized spacial score (nSPS) is 11.0. The average molecular weight is 466 g/mol. The maximum absolute atomic E-state index is 13.0. The molecular weight excluding hydrogens is 450 g/mol. The summed E-state index contributed by atoms with van der Waals surface area (Å²) in [4.78, 5) is 12.3. The summed E-state index contributed by atoms with van der Waals surface area (Å²) in [6.45, 7) is 0.137. The molecule has 0 amide bonds. The van der Waals surface area contributed by atoms with Gasteiger partial charge in [0.15, 0.2) is 11.5 Å². The summed E-state index contributed by atoms with van der Waals surface area (Å²) in [5.74, 6) is 0.301. The van der Waals surface area contributed by atoms with Crippen molar-refractivity contribution < 1.29 is 18.7 Å². The van der Waals surface area contributed by atoms with Gasteiger partial charge in [0.25, 0.3) is 0 Å². The number of hydrogen-bond donors (Lipinski definition) is 0. The number of carbonyl (C=O) groups excluding carboxylic acids is 1. The Bertz CT molecular complexity index is 1070. The van der Waals surface area contributed by atoms with E-state index in [1.807, 2.05) is 6.07 Å². The fraction of sp³-hybridized carbons (Fsp3) is 0.0870. The second-order valence-corrected chi connectivity index (χ2v) is 7.51. The largest absolute Gasteiger partial charge is 0.496 e. The molecule has 0 bridgehead atoms. The maximum atomic E-state index is 13.0. The first-order chi connectivity index (χ1) is 14.4. The van der Waals surface area contributed by atoms with Gasteiger partial charge in [-0.05, 0) is 60.2 Å². The molecule has 0 atom stereocenters. The van der Waals surface area contributed by atoms with Gasteiger partial charge in [0.05, 0.1) is 17.2 Å². The van der Waals surface area contributed by atoms with Gasteiger partial charge in [0.1, 0.15) is 18.2 Å². The van der Waals surface area contributed by atoms with E-state index in [9.17, 15) is 9.18 Å². The Hall–Kier alpha value is -2.53. The zero-order valence-corrected chi connectivity index (χ0v) is 18.1. The van der Waals surface area contributed by atoms with Gasteiger partial charge in [0, 0.05) is 16.1 Å². The second kappa shape index (κ2) is 9.98. The number of halogens is 4. The summed E-state index contributed by atoms with van der Waals surface area (Å²) in [5.41, 5.74) is 1.89. The Morgan fingerprint density at radius 1 is 1.00 bits per heavy atom. The van der Waals surface area contributed by atoms with E-state index in [1.165, 1.54) is 30.3 Å². The number of allylic oxidation sites excluding steroid dienone is 1. The fourth-order valence-corrected chi connectivity index (χ4v) is 3.64. The molecule has 3 nitrogen and oxygen atoms in total. The van der Waals surface area contributed by atoms with Gasteiger partial charge in [-0.3, -0.25) is 4.79 Å². The molecule has 0 aromatic heterocycles. The summed E-state index contributed by atoms with van der Waals surface area (Å²) in [6.07, 6.45) is 3.09. The number of carbonyl (C=O) groups is 1. The molecule has 0 aliphatic heterocycles. The van der Waals surface area contributed by atoms with E-state index >= 15 is 0 Å². The number of ether oxygens (including phenoxy) is 2. The molecular formula is C23H16Cl3FO3. The van der Waals surface area contributed by atoms with Crippen LogP contribution >= 0.6 is 34.8 Å². The van der Waals surface area contributed by atoms with Gasteiger partial charge >= 0.3 is 0 Å². The zero-order valence-electron chi connectivity index (χ0n) is 15.8. The third-order valence-corrected chi connectivity index (χ3v) is 4.98. The molecule has 0 aliphatic rings. The highest BCUT2D eigenvalue weighted by atomic mass is 35.5. The maximum Gasteiger partial charge on any atom is 0.185 e. The Kier molecular flexibility index (Phi) is 7.38. The predicted octanol–water partition coefficient (Wildman–Crippen LogP) is 7.27. The number of hydrogen-bond acceptors (Lipinski definition) is 3. The van der Waals surface area contributed by atoms with Crippen LogP contribution in [-0.4, -0.2) is 12.9 Å². The van der Waals surface area contributed by atoms with E-state index in [1.54, 1.807) is 37.5 Å². The number of methoxy groups -OCH3 is 1. The van der Waals surface area contributed by atoms with Crippen LogP contribution in [0.3, 0.4) is 0 Å². The molecule has 0 N–H and O–H groups in total. The van der Waals surface area contributed by atoms with Crippen LogP contribution < -0.4 is 9.47 Å². The van der Waals surface area contributed by atoms with Crippen molar-refractivity contribution in [2.24, 2.45) is 0 Å². The number of rotatable bonds is 7. The zero-order chi connectivity index (χ0) is 21.7. The minimum atomic E-state index is -0.392. The van der Waals surface area contributed by atoms with Crippen molar-refractivity contribution >= 4 is 46.7 Å². The van der Waals surface area contributed by atoms with Crippen molar-refractivity contribution in [2.45, 2.75) is 6.61 Å². The topological polar surface area (TPSA) is 35.5 Å². The van der Waals surface area contributed by atoms with Crippen molar-refractivity contribution in [3.63, 3.8) is 0 Å². The monoisotopic (exact) mass is 464 g/mol. The van der Waals surface area contributed by atoms with Crippen LogP contribution in [-0.2, 0) is 6.61 Å². The predicted molar refractivity (Wildman–Crippen MR) is 119 cm³/mol. The first kappa shape index (κ1) is 22.2. The van der Waals surface area contributed by atoms with Gasteiger partial charge in [-0.1, -0.05) is 46.9 Å². The van der Waals surface area contributed by atoms with E-state index in [4.69, 9.17) is 44.3 Å². The van der Waals surface area contributed by atoms with Crippen LogP contribution in [0.4, 0.5) is 4.39 Å². The van der Waals surface area contributed by atoms with Crippen molar-refractivity contribution in [1.29, 1.82) is 0 Å². The lowest BCUT2D eigenvalue weighted by molar-refractivity contribution is 0.104. The smallest absolute Gasteiger partial charge is 0.185 e. The summed E-state index contributed by atoms with van der Waals surface area (Å²) in [7, 11) is 1.55. The van der Waals surface area contributed by atoms with Crippen LogP contribution in [0.5, 0.6) is 11.5 Å². The third kappa shape index (κ3) is 5.54. The molecule has 7 heteroatoms. The van der Waals surface area contributed by atoms with Gasteiger partial charge in [-0.25, -0.2) is 4.39 Å². The Morgan fingerprint density at radius 3 is 2.30 bits per heavy atom. The highest BCUT2D eigenvalue weighted by Crippen LogP contribution is 2.36. The van der Waals surface area contributed by atoms with Crippen LogP contribution in [0.1, 0.15) is 21.5 Å². The SMILES string of the molecule is COc1ccc(/C=C/C(=O)c2ccc(F)cc2)cc1COc1c(Cl)cc(Cl)cc1Cl. The standard InChI is InChI=1S/C23H16Cl3FO3/c1-29-22-9-3-14(2-8-21(28)15-4-6-18(27)7-5-15)10-16(22)13-30-23-19(25)11-17(24)12-20(23)26/h2-12H,13H2,1H3/b8-2+. The van der Waals surface area contributed by atoms with Crippen molar-refractivity contribution in [1.82, 2.24) is 0 Å². The molecule has 154 valence electrons. The van der Waals surface area contributed by atoms with Crippen LogP contribution in [0.2, 0.25) is 15.1 Å². The molecule has 0 aliphatic carbocycles. The minimum absolute atomic E-state index is 0.137. The molecule has 3 aromatic rings. The lowest BCUT2D eigenvalue weighted by Gasteiger charge is -2.13. The molecule has 0 fully saturated rings. The third-order valence-electron chi connectivity index (χ3n) is 4.20. The Balaban J connectivity index is 1.78. The molecule has 0 unspecified atom stereocenters. The van der Waals surface area contributed by atoms with Gasteiger partial charge in [-0.2, -0.15) is 0 Å². The second-order valence-electron chi connectivity index (χ2n) is 6.26. The molecule has 0 heterocycles.